The number of benzene rings is 6. The first kappa shape index (κ1) is 18.7. The van der Waals surface area contributed by atoms with Crippen molar-refractivity contribution in [3.05, 3.63) is 109 Å². The minimum Gasteiger partial charge on any atom is -0.135 e. The van der Waals surface area contributed by atoms with Crippen molar-refractivity contribution in [3.8, 4) is 11.1 Å². The van der Waals surface area contributed by atoms with Gasteiger partial charge in [-0.05, 0) is 69.1 Å². The first-order valence-electron chi connectivity index (χ1n) is 11.5. The predicted octanol–water partition coefficient (Wildman–Crippen LogP) is 10.4. The van der Waals surface area contributed by atoms with Crippen LogP contribution in [0.5, 0.6) is 0 Å². The molecule has 8 aromatic rings. The lowest BCUT2D eigenvalue weighted by molar-refractivity contribution is 1.74. The third kappa shape index (κ3) is 2.58. The monoisotopic (exact) mass is 466 g/mol. The van der Waals surface area contributed by atoms with Crippen molar-refractivity contribution in [2.24, 2.45) is 0 Å². The molecule has 8 rings (SSSR count). The molecule has 2 heteroatoms. The highest BCUT2D eigenvalue weighted by Crippen LogP contribution is 2.43. The van der Waals surface area contributed by atoms with E-state index in [-0.39, 0.29) is 0 Å². The van der Waals surface area contributed by atoms with Crippen LogP contribution < -0.4 is 0 Å². The highest BCUT2D eigenvalue weighted by Gasteiger charge is 2.14. The van der Waals surface area contributed by atoms with E-state index in [4.69, 9.17) is 0 Å². The SMILES string of the molecule is c1ccc2c(c1)cc(-c1ccc3c(c1)sc1ccccc13)c1cc3c(cc12)sc1ccccc13. The largest absolute Gasteiger partial charge is 0.135 e. The minimum absolute atomic E-state index is 1.29. The van der Waals surface area contributed by atoms with Crippen LogP contribution in [0.4, 0.5) is 0 Å². The third-order valence-corrected chi connectivity index (χ3v) is 9.31. The summed E-state index contributed by atoms with van der Waals surface area (Å²) in [5.41, 5.74) is 2.60. The summed E-state index contributed by atoms with van der Waals surface area (Å²) in [6.07, 6.45) is 0. The molecule has 2 aromatic heterocycles. The van der Waals surface area contributed by atoms with E-state index in [2.05, 4.69) is 109 Å². The van der Waals surface area contributed by atoms with Crippen molar-refractivity contribution in [3.63, 3.8) is 0 Å². The Balaban J connectivity index is 1.51. The Labute approximate surface area is 204 Å². The predicted molar refractivity (Wildman–Crippen MR) is 153 cm³/mol. The summed E-state index contributed by atoms with van der Waals surface area (Å²) >= 11 is 3.78. The zero-order valence-electron chi connectivity index (χ0n) is 18.2. The lowest BCUT2D eigenvalue weighted by Crippen LogP contribution is -1.85. The van der Waals surface area contributed by atoms with Gasteiger partial charge in [0.15, 0.2) is 0 Å². The third-order valence-electron chi connectivity index (χ3n) is 7.05. The van der Waals surface area contributed by atoms with E-state index in [0.29, 0.717) is 0 Å². The van der Waals surface area contributed by atoms with Gasteiger partial charge in [-0.3, -0.25) is 0 Å². The van der Waals surface area contributed by atoms with Crippen molar-refractivity contribution in [1.29, 1.82) is 0 Å². The molecule has 34 heavy (non-hydrogen) atoms. The normalized spacial score (nSPS) is 12.1. The Morgan fingerprint density at radius 3 is 1.76 bits per heavy atom. The first-order chi connectivity index (χ1) is 16.8. The van der Waals surface area contributed by atoms with E-state index in [1.807, 2.05) is 22.7 Å². The number of hydrogen-bond acceptors (Lipinski definition) is 2. The molecular weight excluding hydrogens is 448 g/mol. The van der Waals surface area contributed by atoms with Crippen LogP contribution in [0.15, 0.2) is 109 Å². The van der Waals surface area contributed by atoms with Gasteiger partial charge in [0.2, 0.25) is 0 Å². The van der Waals surface area contributed by atoms with Crippen LogP contribution in [0.3, 0.4) is 0 Å². The summed E-state index contributed by atoms with van der Waals surface area (Å²) < 4.78 is 5.41. The molecule has 0 nitrogen and oxygen atoms in total. The molecule has 0 amide bonds. The molecule has 0 spiro atoms. The zero-order valence-corrected chi connectivity index (χ0v) is 19.8. The molecule has 0 unspecified atom stereocenters. The van der Waals surface area contributed by atoms with Gasteiger partial charge in [-0.2, -0.15) is 0 Å². The van der Waals surface area contributed by atoms with E-state index in [9.17, 15) is 0 Å². The van der Waals surface area contributed by atoms with Crippen LogP contribution in [-0.2, 0) is 0 Å². The second-order valence-corrected chi connectivity index (χ2v) is 11.1. The molecule has 0 aliphatic rings. The first-order valence-corrected chi connectivity index (χ1v) is 13.2. The lowest BCUT2D eigenvalue weighted by atomic mass is 9.92. The second kappa shape index (κ2) is 6.89. The van der Waals surface area contributed by atoms with E-state index < -0.39 is 0 Å². The topological polar surface area (TPSA) is 0 Å². The summed E-state index contributed by atoms with van der Waals surface area (Å²) in [6, 6.07) is 40.5. The number of hydrogen-bond donors (Lipinski definition) is 0. The van der Waals surface area contributed by atoms with E-state index in [0.717, 1.165) is 0 Å². The summed E-state index contributed by atoms with van der Waals surface area (Å²) in [5, 5.41) is 10.7. The molecule has 0 aliphatic heterocycles. The Hall–Kier alpha value is -3.72. The van der Waals surface area contributed by atoms with Crippen LogP contribution in [-0.4, -0.2) is 0 Å². The molecule has 0 atom stereocenters. The van der Waals surface area contributed by atoms with Gasteiger partial charge in [-0.25, -0.2) is 0 Å². The van der Waals surface area contributed by atoms with Crippen LogP contribution in [0.25, 0.3) is 73.0 Å². The number of thiophene rings is 2. The smallest absolute Gasteiger partial charge is 0.0362 e. The maximum Gasteiger partial charge on any atom is 0.0362 e. The second-order valence-electron chi connectivity index (χ2n) is 8.95. The summed E-state index contributed by atoms with van der Waals surface area (Å²) in [4.78, 5) is 0. The Morgan fingerprint density at radius 2 is 0.971 bits per heavy atom. The molecule has 2 heterocycles. The fourth-order valence-corrected chi connectivity index (χ4v) is 7.72. The Kier molecular flexibility index (Phi) is 3.79. The quantitative estimate of drug-likeness (QED) is 0.211. The van der Waals surface area contributed by atoms with Crippen molar-refractivity contribution in [1.82, 2.24) is 0 Å². The summed E-state index contributed by atoms with van der Waals surface area (Å²) in [6.45, 7) is 0. The highest BCUT2D eigenvalue weighted by molar-refractivity contribution is 7.26. The lowest BCUT2D eigenvalue weighted by Gasteiger charge is -2.12. The Morgan fingerprint density at radius 1 is 0.353 bits per heavy atom. The van der Waals surface area contributed by atoms with Crippen molar-refractivity contribution < 1.29 is 0 Å². The van der Waals surface area contributed by atoms with Crippen molar-refractivity contribution in [2.75, 3.05) is 0 Å². The summed E-state index contributed by atoms with van der Waals surface area (Å²) in [7, 11) is 0. The van der Waals surface area contributed by atoms with Gasteiger partial charge in [-0.15, -0.1) is 22.7 Å². The average molecular weight is 467 g/mol. The maximum atomic E-state index is 2.43. The molecule has 0 fully saturated rings. The van der Waals surface area contributed by atoms with Crippen LogP contribution in [0, 0.1) is 0 Å². The standard InChI is InChI=1S/C32H18S2/c1-2-8-21-19(7-1)15-25(20-13-14-24-22-9-3-5-11-29(22)33-31(24)16-20)26-17-28-23-10-4-6-12-30(23)34-32(28)18-27(21)26/h1-18H. The molecular formula is C32H18S2. The van der Waals surface area contributed by atoms with Crippen molar-refractivity contribution in [2.45, 2.75) is 0 Å². The van der Waals surface area contributed by atoms with Crippen LogP contribution in [0.2, 0.25) is 0 Å². The van der Waals surface area contributed by atoms with Gasteiger partial charge in [0.25, 0.3) is 0 Å². The fourth-order valence-electron chi connectivity index (χ4n) is 5.45. The van der Waals surface area contributed by atoms with Gasteiger partial charge in [0.05, 0.1) is 0 Å². The molecule has 0 saturated heterocycles. The van der Waals surface area contributed by atoms with Gasteiger partial charge in [0, 0.05) is 40.3 Å². The molecule has 0 bridgehead atoms. The Bertz CT molecular complexity index is 2070. The van der Waals surface area contributed by atoms with E-state index >= 15 is 0 Å². The van der Waals surface area contributed by atoms with E-state index in [1.54, 1.807) is 0 Å². The van der Waals surface area contributed by atoms with Crippen LogP contribution in [0.1, 0.15) is 0 Å². The highest BCUT2D eigenvalue weighted by atomic mass is 32.1. The number of fused-ring (bicyclic) bond motifs is 9. The van der Waals surface area contributed by atoms with Crippen LogP contribution >= 0.6 is 22.7 Å². The molecule has 0 radical (unpaired) electrons. The zero-order chi connectivity index (χ0) is 22.2. The van der Waals surface area contributed by atoms with Gasteiger partial charge < -0.3 is 0 Å². The molecule has 158 valence electrons. The maximum absolute atomic E-state index is 2.43. The molecule has 0 saturated carbocycles. The van der Waals surface area contributed by atoms with Crippen molar-refractivity contribution >= 4 is 84.6 Å². The molecule has 6 aromatic carbocycles. The number of rotatable bonds is 1. The molecule has 0 N–H and O–H groups in total. The molecule has 0 aliphatic carbocycles. The van der Waals surface area contributed by atoms with Gasteiger partial charge in [0.1, 0.15) is 0 Å². The average Bonchev–Trinajstić information content (AvgIpc) is 3.44. The minimum atomic E-state index is 1.29. The summed E-state index contributed by atoms with van der Waals surface area (Å²) in [5.74, 6) is 0. The van der Waals surface area contributed by atoms with E-state index in [1.165, 1.54) is 73.0 Å². The fraction of sp³-hybridized carbons (Fsp3) is 0. The van der Waals surface area contributed by atoms with Gasteiger partial charge >= 0.3 is 0 Å². The van der Waals surface area contributed by atoms with Gasteiger partial charge in [-0.1, -0.05) is 72.8 Å².